The fraction of sp³-hybridized carbons (Fsp3) is 0.353. The zero-order valence-electron chi connectivity index (χ0n) is 12.7. The molecule has 2 aromatic rings. The van der Waals surface area contributed by atoms with Gasteiger partial charge in [-0.1, -0.05) is 64.1 Å². The molecule has 2 aromatic carbocycles. The highest BCUT2D eigenvalue weighted by molar-refractivity contribution is 5.83. The second kappa shape index (κ2) is 10.1. The third-order valence-electron chi connectivity index (χ3n) is 2.36. The van der Waals surface area contributed by atoms with Crippen LogP contribution in [0.2, 0.25) is 0 Å². The van der Waals surface area contributed by atoms with E-state index in [9.17, 15) is 4.79 Å². The predicted octanol–water partition coefficient (Wildman–Crippen LogP) is 4.53. The zero-order chi connectivity index (χ0) is 14.7. The summed E-state index contributed by atoms with van der Waals surface area (Å²) in [6.07, 6.45) is 0. The van der Waals surface area contributed by atoms with Crippen LogP contribution in [-0.2, 0) is 11.3 Å². The first-order chi connectivity index (χ1) is 9.25. The van der Waals surface area contributed by atoms with Gasteiger partial charge in [0.1, 0.15) is 0 Å². The van der Waals surface area contributed by atoms with E-state index in [2.05, 4.69) is 29.6 Å². The fourth-order valence-electron chi connectivity index (χ4n) is 1.58. The normalized spacial score (nSPS) is 8.68. The highest BCUT2D eigenvalue weighted by atomic mass is 16.1. The number of carbonyl (C=O) groups excluding carboxylic acids is 1. The van der Waals surface area contributed by atoms with Crippen molar-refractivity contribution in [1.29, 1.82) is 0 Å². The van der Waals surface area contributed by atoms with E-state index in [0.717, 1.165) is 5.56 Å². The Balaban J connectivity index is 0.000000741. The summed E-state index contributed by atoms with van der Waals surface area (Å²) in [6, 6.07) is 14.4. The molecule has 0 bridgehead atoms. The molecule has 19 heavy (non-hydrogen) atoms. The summed E-state index contributed by atoms with van der Waals surface area (Å²) in [5.41, 5.74) is 1.13. The summed E-state index contributed by atoms with van der Waals surface area (Å²) in [4.78, 5) is 10.8. The molecular weight excluding hydrogens is 234 g/mol. The number of benzene rings is 2. The first-order valence-corrected chi connectivity index (χ1v) is 6.98. The Hall–Kier alpha value is -1.83. The molecule has 1 N–H and O–H groups in total. The fourth-order valence-corrected chi connectivity index (χ4v) is 1.58. The van der Waals surface area contributed by atoms with Crippen LogP contribution in [0.4, 0.5) is 0 Å². The molecule has 0 radical (unpaired) electrons. The van der Waals surface area contributed by atoms with Crippen LogP contribution in [0.25, 0.3) is 10.8 Å². The van der Waals surface area contributed by atoms with Crippen LogP contribution in [0.3, 0.4) is 0 Å². The molecule has 1 amide bonds. The van der Waals surface area contributed by atoms with Crippen molar-refractivity contribution in [2.45, 2.75) is 41.2 Å². The Bertz CT molecular complexity index is 491. The number of nitrogens with one attached hydrogen (secondary N) is 1. The molecule has 0 aliphatic carbocycles. The second-order valence-corrected chi connectivity index (χ2v) is 3.59. The molecule has 0 fully saturated rings. The smallest absolute Gasteiger partial charge is 0.217 e. The Morgan fingerprint density at radius 2 is 1.53 bits per heavy atom. The van der Waals surface area contributed by atoms with E-state index in [4.69, 9.17) is 0 Å². The molecule has 2 rings (SSSR count). The van der Waals surface area contributed by atoms with Crippen molar-refractivity contribution in [2.75, 3.05) is 0 Å². The molecule has 0 aromatic heterocycles. The third-order valence-corrected chi connectivity index (χ3v) is 2.36. The molecule has 0 spiro atoms. The van der Waals surface area contributed by atoms with Gasteiger partial charge in [0.25, 0.3) is 0 Å². The van der Waals surface area contributed by atoms with Crippen molar-refractivity contribution >= 4 is 16.7 Å². The minimum absolute atomic E-state index is 0.00292. The molecule has 0 unspecified atom stereocenters. The monoisotopic (exact) mass is 259 g/mol. The summed E-state index contributed by atoms with van der Waals surface area (Å²) < 4.78 is 0. The van der Waals surface area contributed by atoms with Crippen LogP contribution in [0.1, 0.15) is 40.2 Å². The summed E-state index contributed by atoms with van der Waals surface area (Å²) >= 11 is 0. The largest absolute Gasteiger partial charge is 0.352 e. The maximum Gasteiger partial charge on any atom is 0.217 e. The number of rotatable bonds is 2. The molecule has 0 saturated carbocycles. The lowest BCUT2D eigenvalue weighted by atomic mass is 10.1. The van der Waals surface area contributed by atoms with Gasteiger partial charge in [0.05, 0.1) is 0 Å². The molecule has 2 nitrogen and oxygen atoms in total. The first kappa shape index (κ1) is 17.2. The van der Waals surface area contributed by atoms with Crippen LogP contribution in [0.5, 0.6) is 0 Å². The van der Waals surface area contributed by atoms with Crippen molar-refractivity contribution in [2.24, 2.45) is 0 Å². The summed E-state index contributed by atoms with van der Waals surface area (Å²) in [6.45, 7) is 10.1. The molecule has 0 atom stereocenters. The van der Waals surface area contributed by atoms with Crippen molar-refractivity contribution in [3.8, 4) is 0 Å². The minimum atomic E-state index is 0.00292. The lowest BCUT2D eigenvalue weighted by molar-refractivity contribution is -0.119. The van der Waals surface area contributed by atoms with Gasteiger partial charge in [-0.25, -0.2) is 0 Å². The van der Waals surface area contributed by atoms with Crippen molar-refractivity contribution in [3.05, 3.63) is 48.0 Å². The average molecular weight is 259 g/mol. The highest BCUT2D eigenvalue weighted by Gasteiger charge is 1.96. The summed E-state index contributed by atoms with van der Waals surface area (Å²) in [7, 11) is 0. The van der Waals surface area contributed by atoms with E-state index < -0.39 is 0 Å². The van der Waals surface area contributed by atoms with E-state index in [-0.39, 0.29) is 5.91 Å². The maximum absolute atomic E-state index is 10.8. The van der Waals surface area contributed by atoms with Gasteiger partial charge in [-0.3, -0.25) is 4.79 Å². The molecule has 0 aliphatic rings. The number of fused-ring (bicyclic) bond motifs is 1. The lowest BCUT2D eigenvalue weighted by Gasteiger charge is -2.04. The standard InChI is InChI=1S/C13H13NO.2C2H6/c1-10(15)14-9-11-6-7-12-4-2-3-5-13(12)8-11;2*1-2/h2-8H,9H2,1H3,(H,14,15);2*1-2H3. The van der Waals surface area contributed by atoms with Gasteiger partial charge >= 0.3 is 0 Å². The Morgan fingerprint density at radius 3 is 2.11 bits per heavy atom. The Morgan fingerprint density at radius 1 is 0.947 bits per heavy atom. The predicted molar refractivity (Wildman–Crippen MR) is 84.2 cm³/mol. The summed E-state index contributed by atoms with van der Waals surface area (Å²) in [5, 5.41) is 5.22. The molecule has 104 valence electrons. The number of amides is 1. The Kier molecular flexibility index (Phi) is 9.15. The van der Waals surface area contributed by atoms with Crippen LogP contribution in [0, 0.1) is 0 Å². The minimum Gasteiger partial charge on any atom is -0.352 e. The third kappa shape index (κ3) is 6.05. The van der Waals surface area contributed by atoms with Gasteiger partial charge in [-0.05, 0) is 22.4 Å². The van der Waals surface area contributed by atoms with E-state index in [0.29, 0.717) is 6.54 Å². The van der Waals surface area contributed by atoms with E-state index in [1.54, 1.807) is 0 Å². The van der Waals surface area contributed by atoms with Gasteiger partial charge < -0.3 is 5.32 Å². The first-order valence-electron chi connectivity index (χ1n) is 6.98. The number of carbonyl (C=O) groups is 1. The zero-order valence-corrected chi connectivity index (χ0v) is 12.7. The van der Waals surface area contributed by atoms with Crippen LogP contribution >= 0.6 is 0 Å². The van der Waals surface area contributed by atoms with E-state index in [1.807, 2.05) is 45.9 Å². The SMILES string of the molecule is CC.CC.CC(=O)NCc1ccc2ccccc2c1. The van der Waals surface area contributed by atoms with Gasteiger partial charge in [0.2, 0.25) is 5.91 Å². The second-order valence-electron chi connectivity index (χ2n) is 3.59. The molecule has 0 saturated heterocycles. The van der Waals surface area contributed by atoms with Crippen LogP contribution in [0.15, 0.2) is 42.5 Å². The van der Waals surface area contributed by atoms with E-state index >= 15 is 0 Å². The van der Waals surface area contributed by atoms with Crippen LogP contribution < -0.4 is 5.32 Å². The Labute approximate surface area is 116 Å². The molecule has 0 heterocycles. The number of hydrogen-bond donors (Lipinski definition) is 1. The maximum atomic E-state index is 10.8. The van der Waals surface area contributed by atoms with Gasteiger partial charge in [0, 0.05) is 13.5 Å². The quantitative estimate of drug-likeness (QED) is 0.843. The van der Waals surface area contributed by atoms with Crippen LogP contribution in [-0.4, -0.2) is 5.91 Å². The summed E-state index contributed by atoms with van der Waals surface area (Å²) in [5.74, 6) is 0.00292. The van der Waals surface area contributed by atoms with Gasteiger partial charge in [-0.2, -0.15) is 0 Å². The van der Waals surface area contributed by atoms with E-state index in [1.165, 1.54) is 17.7 Å². The number of hydrogen-bond acceptors (Lipinski definition) is 1. The topological polar surface area (TPSA) is 29.1 Å². The lowest BCUT2D eigenvalue weighted by Crippen LogP contribution is -2.18. The molecule has 2 heteroatoms. The van der Waals surface area contributed by atoms with Crippen molar-refractivity contribution in [3.63, 3.8) is 0 Å². The van der Waals surface area contributed by atoms with Crippen molar-refractivity contribution < 1.29 is 4.79 Å². The molecule has 0 aliphatic heterocycles. The molecular formula is C17H25NO. The average Bonchev–Trinajstić information content (AvgIpc) is 2.49. The van der Waals surface area contributed by atoms with Gasteiger partial charge in [-0.15, -0.1) is 0 Å². The van der Waals surface area contributed by atoms with Gasteiger partial charge in [0.15, 0.2) is 0 Å². The highest BCUT2D eigenvalue weighted by Crippen LogP contribution is 2.15. The van der Waals surface area contributed by atoms with Crippen molar-refractivity contribution in [1.82, 2.24) is 5.32 Å².